The second kappa shape index (κ2) is 36.4. The monoisotopic (exact) mass is 1370 g/mol. The average molecular weight is 1370 g/mol. The first-order chi connectivity index (χ1) is 46.5. The van der Waals surface area contributed by atoms with E-state index < -0.39 is 175 Å². The van der Waals surface area contributed by atoms with Gasteiger partial charge in [-0.2, -0.15) is 0 Å². The number of carbonyl (C=O) groups is 13. The minimum Gasteiger partial charge on any atom is -0.508 e. The van der Waals surface area contributed by atoms with Crippen LogP contribution in [-0.4, -0.2) is 222 Å². The molecule has 2 saturated heterocycles. The van der Waals surface area contributed by atoms with Gasteiger partial charge in [-0.3, -0.25) is 57.5 Å². The second-order valence-corrected chi connectivity index (χ2v) is 24.3. The van der Waals surface area contributed by atoms with E-state index >= 15 is 9.59 Å². The van der Waals surface area contributed by atoms with Crippen molar-refractivity contribution in [1.82, 2.24) is 57.7 Å². The summed E-state index contributed by atoms with van der Waals surface area (Å²) in [6, 6.07) is 10.0. The van der Waals surface area contributed by atoms with Crippen LogP contribution in [0, 0.1) is 5.92 Å². The topological polar surface area (TPSA) is 506 Å². The number of nitrogens with one attached hydrogen (secondary N) is 9. The summed E-state index contributed by atoms with van der Waals surface area (Å²) in [6.07, 6.45) is -0.701. The van der Waals surface area contributed by atoms with Crippen LogP contribution < -0.4 is 53.6 Å². The number of phenols is 3. The first-order valence-corrected chi connectivity index (χ1v) is 31.7. The first kappa shape index (κ1) is 76.3. The van der Waals surface area contributed by atoms with E-state index in [1.165, 1.54) is 89.5 Å². The minimum absolute atomic E-state index is 0.00470. The molecular formula is C66H85N12O20+. The number of likely N-dealkylation sites (tertiary alicyclic amines) is 2. The molecule has 0 saturated carbocycles. The number of aromatic hydroxyl groups is 3. The maximum Gasteiger partial charge on any atom is 0.328 e. The number of amides is 11. The van der Waals surface area contributed by atoms with Crippen molar-refractivity contribution in [2.45, 2.75) is 145 Å². The molecule has 19 N–H and O–H groups in total. The van der Waals surface area contributed by atoms with Crippen molar-refractivity contribution in [1.29, 1.82) is 0 Å². The Morgan fingerprint density at radius 1 is 0.459 bits per heavy atom. The summed E-state index contributed by atoms with van der Waals surface area (Å²) >= 11 is 0. The molecule has 11 amide bonds. The molecule has 0 aromatic heterocycles. The van der Waals surface area contributed by atoms with Gasteiger partial charge in [0.25, 0.3) is 5.91 Å². The highest BCUT2D eigenvalue weighted by Crippen LogP contribution is 2.25. The molecule has 11 atom stereocenters. The summed E-state index contributed by atoms with van der Waals surface area (Å²) in [7, 11) is 0. The molecule has 2 aliphatic rings. The Morgan fingerprint density at radius 2 is 0.867 bits per heavy atom. The molecule has 528 valence electrons. The average Bonchev–Trinajstić information content (AvgIpc) is 1.58. The van der Waals surface area contributed by atoms with Crippen LogP contribution in [0.2, 0.25) is 0 Å². The number of benzene rings is 4. The largest absolute Gasteiger partial charge is 0.508 e. The lowest BCUT2D eigenvalue weighted by Crippen LogP contribution is -2.70. The zero-order valence-corrected chi connectivity index (χ0v) is 54.2. The molecule has 6 rings (SSSR count). The van der Waals surface area contributed by atoms with Crippen molar-refractivity contribution in [3.63, 3.8) is 0 Å². The smallest absolute Gasteiger partial charge is 0.328 e. The van der Waals surface area contributed by atoms with Gasteiger partial charge in [-0.05, 0) is 97.2 Å². The maximum absolute atomic E-state index is 15.2. The third-order valence-corrected chi connectivity index (χ3v) is 16.4. The third kappa shape index (κ3) is 22.4. The van der Waals surface area contributed by atoms with E-state index in [9.17, 15) is 83.4 Å². The van der Waals surface area contributed by atoms with Crippen molar-refractivity contribution in [2.75, 3.05) is 32.8 Å². The second-order valence-electron chi connectivity index (χ2n) is 24.3. The van der Waals surface area contributed by atoms with Crippen molar-refractivity contribution >= 4 is 76.9 Å². The van der Waals surface area contributed by atoms with Crippen molar-refractivity contribution in [2.24, 2.45) is 5.92 Å². The van der Waals surface area contributed by atoms with E-state index in [4.69, 9.17) is 5.11 Å². The number of aliphatic hydroxyl groups excluding tert-OH is 2. The molecule has 2 fully saturated rings. The molecular weight excluding hydrogens is 1280 g/mol. The summed E-state index contributed by atoms with van der Waals surface area (Å²) in [5.74, 6) is -13.4. The van der Waals surface area contributed by atoms with Gasteiger partial charge in [0.05, 0.1) is 19.8 Å². The molecule has 0 aliphatic carbocycles. The Morgan fingerprint density at radius 3 is 1.32 bits per heavy atom. The normalized spacial score (nSPS) is 17.0. The fraction of sp³-hybridized carbons (Fsp3) is 0.439. The molecule has 4 aromatic carbocycles. The van der Waals surface area contributed by atoms with Gasteiger partial charge < -0.3 is 99.1 Å². The van der Waals surface area contributed by atoms with Crippen LogP contribution >= 0.6 is 0 Å². The van der Waals surface area contributed by atoms with Crippen LogP contribution in [-0.2, 0) is 88.0 Å². The van der Waals surface area contributed by atoms with Gasteiger partial charge in [0.2, 0.25) is 59.1 Å². The number of carboxylic acids is 2. The number of aliphatic carboxylic acids is 2. The van der Waals surface area contributed by atoms with Gasteiger partial charge in [-0.1, -0.05) is 80.6 Å². The molecule has 32 nitrogen and oxygen atoms in total. The summed E-state index contributed by atoms with van der Waals surface area (Å²) in [4.78, 5) is 179. The number of aliphatic hydroxyl groups is 2. The molecule has 0 bridgehead atoms. The predicted molar refractivity (Wildman–Crippen MR) is 345 cm³/mol. The molecule has 2 aliphatic heterocycles. The first-order valence-electron chi connectivity index (χ1n) is 31.7. The van der Waals surface area contributed by atoms with Crippen LogP contribution in [0.3, 0.4) is 0 Å². The van der Waals surface area contributed by atoms with E-state index in [1.807, 2.05) is 5.32 Å². The molecule has 32 heteroatoms. The van der Waals surface area contributed by atoms with E-state index in [1.54, 1.807) is 44.2 Å². The zero-order chi connectivity index (χ0) is 71.9. The fourth-order valence-corrected chi connectivity index (χ4v) is 11.0. The van der Waals surface area contributed by atoms with Crippen molar-refractivity contribution in [3.05, 3.63) is 125 Å². The number of quaternary nitrogens is 1. The van der Waals surface area contributed by atoms with Crippen LogP contribution in [0.5, 0.6) is 17.2 Å². The van der Waals surface area contributed by atoms with E-state index in [2.05, 4.69) is 48.3 Å². The van der Waals surface area contributed by atoms with E-state index in [0.29, 0.717) is 22.3 Å². The molecule has 98 heavy (non-hydrogen) atoms. The summed E-state index contributed by atoms with van der Waals surface area (Å²) in [5, 5.41) is 90.2. The number of nitrogens with zero attached hydrogens (tertiary/aromatic N) is 2. The van der Waals surface area contributed by atoms with Gasteiger partial charge in [0.15, 0.2) is 6.04 Å². The third-order valence-electron chi connectivity index (χ3n) is 16.4. The van der Waals surface area contributed by atoms with Gasteiger partial charge in [-0.15, -0.1) is 0 Å². The Kier molecular flexibility index (Phi) is 28.3. The van der Waals surface area contributed by atoms with Crippen molar-refractivity contribution < 1.29 is 104 Å². The van der Waals surface area contributed by atoms with Crippen LogP contribution in [0.25, 0.3) is 0 Å². The Labute approximate surface area is 562 Å². The number of phenolic OH excluding ortho intramolecular Hbond substituents is 3. The van der Waals surface area contributed by atoms with Gasteiger partial charge in [0.1, 0.15) is 84.1 Å². The van der Waals surface area contributed by atoms with E-state index in [0.717, 1.165) is 0 Å². The summed E-state index contributed by atoms with van der Waals surface area (Å²) in [6.45, 7) is 1.68. The number of rotatable bonds is 34. The number of carboxylic acid groups (broad SMARTS) is 2. The molecule has 0 unspecified atom stereocenters. The summed E-state index contributed by atoms with van der Waals surface area (Å²) in [5.41, 5.74) is 5.52. The highest BCUT2D eigenvalue weighted by molar-refractivity contribution is 6.00. The van der Waals surface area contributed by atoms with Crippen LogP contribution in [0.15, 0.2) is 103 Å². The SMILES string of the molecule is CC(C)[C@H](NC(=O)[C@@H]([NH3+])CC(=O)O)C(=O)N[C@@H](Cc1ccccc1)C(=O)N[C@@H](Cc1ccc(O)cc1)C(=O)N1CCC[C@H]1C(=O)N[C@@H](Cc1ccc(O)cc1)C(=O)N1CCC[C@H]1C(=O)N[C@@H](Cc1ccc(O)cc1)C(=O)N[C@@H](C)C(=O)N[C@@H](CO)C(=O)NCC(=O)N[C@@H](CO)C(=O)O. The number of hydrogen-bond acceptors (Lipinski definition) is 18. The molecule has 0 spiro atoms. The minimum atomic E-state index is -1.69. The van der Waals surface area contributed by atoms with Crippen LogP contribution in [0.4, 0.5) is 0 Å². The quantitative estimate of drug-likeness (QED) is 0.0211. The Bertz CT molecular complexity index is 3490. The van der Waals surface area contributed by atoms with Gasteiger partial charge in [-0.25, -0.2) is 4.79 Å². The maximum atomic E-state index is 15.2. The zero-order valence-electron chi connectivity index (χ0n) is 54.2. The molecule has 2 heterocycles. The highest BCUT2D eigenvalue weighted by atomic mass is 16.4. The van der Waals surface area contributed by atoms with Gasteiger partial charge in [0, 0.05) is 38.8 Å². The summed E-state index contributed by atoms with van der Waals surface area (Å²) < 4.78 is 0. The van der Waals surface area contributed by atoms with E-state index in [-0.39, 0.29) is 81.7 Å². The lowest BCUT2D eigenvalue weighted by molar-refractivity contribution is -0.403. The van der Waals surface area contributed by atoms with Crippen molar-refractivity contribution in [3.8, 4) is 17.2 Å². The Balaban J connectivity index is 1.22. The van der Waals surface area contributed by atoms with Gasteiger partial charge >= 0.3 is 11.9 Å². The fourth-order valence-electron chi connectivity index (χ4n) is 11.0. The highest BCUT2D eigenvalue weighted by Gasteiger charge is 2.44. The standard InChI is InChI=1S/C66H84N12O20/c1-35(2)55(76-57(88)44(67)31-54(85)86)63(94)72-46(27-37-9-5-4-6-10-37)60(91)73-47(29-39-15-21-42(82)22-16-39)64(95)78-26-8-12-52(78)62(93)74-48(30-40-17-23-43(83)24-18-40)65(96)77-25-7-11-51(77)61(92)71-45(28-38-13-19-41(81)20-14-38)59(90)69-36(3)56(87)75-49(33-79)58(89)68-32-53(84)70-50(34-80)66(97)98/h4-6,9-10,13-24,35-36,44-52,55,79-83H,7-8,11-12,25-34,67H2,1-3H3,(H,68,89)(H,69,90)(H,70,84)(H,71,92)(H,72,94)(H,73,91)(H,74,93)(H,75,87)(H,76,88)(H,85,86)(H,97,98)/p+1/t36-,44-,45-,46-,47-,48-,49-,50-,51-,52-,55-/m0/s1. The Hall–Kier alpha value is -10.7. The molecule has 0 radical (unpaired) electrons. The van der Waals surface area contributed by atoms with Crippen LogP contribution in [0.1, 0.15) is 75.1 Å². The molecule has 4 aromatic rings. The number of carbonyl (C=O) groups excluding carboxylic acids is 11. The number of hydrogen-bond donors (Lipinski definition) is 17. The predicted octanol–water partition coefficient (Wildman–Crippen LogP) is -4.12. The lowest BCUT2D eigenvalue weighted by atomic mass is 9.99. The lowest BCUT2D eigenvalue weighted by Gasteiger charge is -2.33.